The molecule has 1 N–H and O–H groups in total. The number of hydrogen-bond acceptors (Lipinski definition) is 2. The highest BCUT2D eigenvalue weighted by Gasteiger charge is 2.31. The zero-order chi connectivity index (χ0) is 13.9. The summed E-state index contributed by atoms with van der Waals surface area (Å²) in [6, 6.07) is 6.65. The van der Waals surface area contributed by atoms with Crippen LogP contribution in [0.25, 0.3) is 0 Å². The summed E-state index contributed by atoms with van der Waals surface area (Å²) in [6.07, 6.45) is 6.49. The molecule has 2 fully saturated rings. The van der Waals surface area contributed by atoms with Gasteiger partial charge in [0.1, 0.15) is 5.82 Å². The molecule has 1 aromatic carbocycles. The van der Waals surface area contributed by atoms with E-state index in [-0.39, 0.29) is 5.82 Å². The van der Waals surface area contributed by atoms with Gasteiger partial charge in [0.15, 0.2) is 0 Å². The van der Waals surface area contributed by atoms with Crippen molar-refractivity contribution in [2.24, 2.45) is 0 Å². The molecule has 0 radical (unpaired) electrons. The first-order valence-electron chi connectivity index (χ1n) is 7.64. The van der Waals surface area contributed by atoms with Crippen molar-refractivity contribution >= 4 is 15.9 Å². The van der Waals surface area contributed by atoms with E-state index in [1.54, 1.807) is 6.07 Å². The average Bonchev–Trinajstić information content (AvgIpc) is 3.29. The first kappa shape index (κ1) is 14.5. The molecule has 1 heterocycles. The molecule has 2 aliphatic rings. The van der Waals surface area contributed by atoms with Gasteiger partial charge in [-0.05, 0) is 59.8 Å². The maximum atomic E-state index is 13.6. The Hall–Kier alpha value is -0.450. The fraction of sp³-hybridized carbons (Fsp3) is 0.625. The normalized spacial score (nSPS) is 23.2. The molecule has 1 saturated carbocycles. The van der Waals surface area contributed by atoms with Gasteiger partial charge in [0.05, 0.1) is 4.47 Å². The van der Waals surface area contributed by atoms with Crippen LogP contribution in [-0.2, 0) is 6.54 Å². The number of nitrogens with one attached hydrogen (secondary N) is 1. The van der Waals surface area contributed by atoms with E-state index in [0.29, 0.717) is 16.6 Å². The predicted molar refractivity (Wildman–Crippen MR) is 83.2 cm³/mol. The van der Waals surface area contributed by atoms with Gasteiger partial charge >= 0.3 is 0 Å². The zero-order valence-electron chi connectivity index (χ0n) is 11.7. The van der Waals surface area contributed by atoms with Crippen LogP contribution in [0.2, 0.25) is 0 Å². The molecule has 1 atom stereocenters. The van der Waals surface area contributed by atoms with Gasteiger partial charge in [-0.1, -0.05) is 18.6 Å². The van der Waals surface area contributed by atoms with Crippen LogP contribution in [0.3, 0.4) is 0 Å². The minimum absolute atomic E-state index is 0.158. The SMILES string of the molecule is Fc1cccc(CN(CC2CCCCN2)C2CC2)c1Br. The van der Waals surface area contributed by atoms with Crippen LogP contribution in [0, 0.1) is 5.82 Å². The van der Waals surface area contributed by atoms with Gasteiger partial charge in [0.25, 0.3) is 0 Å². The zero-order valence-corrected chi connectivity index (χ0v) is 13.3. The van der Waals surface area contributed by atoms with Crippen LogP contribution in [-0.4, -0.2) is 30.1 Å². The number of hydrogen-bond donors (Lipinski definition) is 1. The standard InChI is InChI=1S/C16H22BrFN2/c17-16-12(4-3-6-15(16)18)10-20(14-7-8-14)11-13-5-1-2-9-19-13/h3-4,6,13-14,19H,1-2,5,7-11H2. The van der Waals surface area contributed by atoms with Crippen LogP contribution < -0.4 is 5.32 Å². The molecule has 1 aliphatic heterocycles. The Bertz CT molecular complexity index is 456. The Morgan fingerprint density at radius 1 is 1.25 bits per heavy atom. The quantitative estimate of drug-likeness (QED) is 0.879. The molecular weight excluding hydrogens is 319 g/mol. The summed E-state index contributed by atoms with van der Waals surface area (Å²) in [7, 11) is 0. The van der Waals surface area contributed by atoms with Crippen molar-refractivity contribution in [3.63, 3.8) is 0 Å². The molecule has 20 heavy (non-hydrogen) atoms. The highest BCUT2D eigenvalue weighted by molar-refractivity contribution is 9.10. The molecule has 0 aromatic heterocycles. The van der Waals surface area contributed by atoms with E-state index in [4.69, 9.17) is 0 Å². The van der Waals surface area contributed by atoms with Gasteiger partial charge in [-0.2, -0.15) is 0 Å². The fourth-order valence-corrected chi connectivity index (χ4v) is 3.42. The highest BCUT2D eigenvalue weighted by atomic mass is 79.9. The summed E-state index contributed by atoms with van der Waals surface area (Å²) < 4.78 is 14.3. The van der Waals surface area contributed by atoms with Crippen molar-refractivity contribution in [2.45, 2.75) is 50.7 Å². The minimum atomic E-state index is -0.158. The lowest BCUT2D eigenvalue weighted by molar-refractivity contribution is 0.207. The molecule has 0 bridgehead atoms. The number of piperidine rings is 1. The largest absolute Gasteiger partial charge is 0.313 e. The summed E-state index contributed by atoms with van der Waals surface area (Å²) in [4.78, 5) is 2.53. The molecule has 1 unspecified atom stereocenters. The van der Waals surface area contributed by atoms with Crippen molar-refractivity contribution in [3.8, 4) is 0 Å². The van der Waals surface area contributed by atoms with E-state index in [0.717, 1.165) is 25.2 Å². The first-order chi connectivity index (χ1) is 9.74. The maximum Gasteiger partial charge on any atom is 0.137 e. The number of nitrogens with zero attached hydrogens (tertiary/aromatic N) is 1. The van der Waals surface area contributed by atoms with Gasteiger partial charge in [0.2, 0.25) is 0 Å². The van der Waals surface area contributed by atoms with E-state index in [1.165, 1.54) is 38.2 Å². The lowest BCUT2D eigenvalue weighted by Gasteiger charge is -2.31. The van der Waals surface area contributed by atoms with Crippen molar-refractivity contribution in [1.29, 1.82) is 0 Å². The molecular formula is C16H22BrFN2. The maximum absolute atomic E-state index is 13.6. The second kappa shape index (κ2) is 6.54. The van der Waals surface area contributed by atoms with Crippen molar-refractivity contribution in [2.75, 3.05) is 13.1 Å². The minimum Gasteiger partial charge on any atom is -0.313 e. The third-order valence-corrected chi connectivity index (χ3v) is 5.22. The lowest BCUT2D eigenvalue weighted by atomic mass is 10.0. The second-order valence-electron chi connectivity index (χ2n) is 6.02. The van der Waals surface area contributed by atoms with Crippen LogP contribution in [0.1, 0.15) is 37.7 Å². The van der Waals surface area contributed by atoms with Crippen molar-refractivity contribution in [1.82, 2.24) is 10.2 Å². The molecule has 0 amide bonds. The Morgan fingerprint density at radius 2 is 2.10 bits per heavy atom. The number of benzene rings is 1. The summed E-state index contributed by atoms with van der Waals surface area (Å²) in [5.41, 5.74) is 1.06. The number of rotatable bonds is 5. The van der Waals surface area contributed by atoms with E-state index in [1.807, 2.05) is 6.07 Å². The fourth-order valence-electron chi connectivity index (χ4n) is 3.03. The summed E-state index contributed by atoms with van der Waals surface area (Å²) >= 11 is 3.39. The average molecular weight is 341 g/mol. The van der Waals surface area contributed by atoms with Crippen molar-refractivity contribution in [3.05, 3.63) is 34.1 Å². The lowest BCUT2D eigenvalue weighted by Crippen LogP contribution is -2.44. The van der Waals surface area contributed by atoms with Gasteiger partial charge < -0.3 is 5.32 Å². The van der Waals surface area contributed by atoms with Crippen LogP contribution in [0.15, 0.2) is 22.7 Å². The smallest absolute Gasteiger partial charge is 0.137 e. The third-order valence-electron chi connectivity index (χ3n) is 4.34. The summed E-state index contributed by atoms with van der Waals surface area (Å²) in [5.74, 6) is -0.158. The van der Waals surface area contributed by atoms with Crippen LogP contribution >= 0.6 is 15.9 Å². The van der Waals surface area contributed by atoms with Crippen LogP contribution in [0.5, 0.6) is 0 Å². The topological polar surface area (TPSA) is 15.3 Å². The molecule has 0 spiro atoms. The Balaban J connectivity index is 1.66. The van der Waals surface area contributed by atoms with E-state index < -0.39 is 0 Å². The van der Waals surface area contributed by atoms with E-state index >= 15 is 0 Å². The Labute approximate surface area is 128 Å². The van der Waals surface area contributed by atoms with Gasteiger partial charge in [0, 0.05) is 25.2 Å². The molecule has 4 heteroatoms. The monoisotopic (exact) mass is 340 g/mol. The Morgan fingerprint density at radius 3 is 2.80 bits per heavy atom. The highest BCUT2D eigenvalue weighted by Crippen LogP contribution is 2.31. The Kier molecular flexibility index (Phi) is 4.74. The molecule has 2 nitrogen and oxygen atoms in total. The summed E-state index contributed by atoms with van der Waals surface area (Å²) in [6.45, 7) is 3.08. The first-order valence-corrected chi connectivity index (χ1v) is 8.43. The third kappa shape index (κ3) is 3.60. The molecule has 110 valence electrons. The molecule has 3 rings (SSSR count). The van der Waals surface area contributed by atoms with Gasteiger partial charge in [-0.3, -0.25) is 4.90 Å². The van der Waals surface area contributed by atoms with Gasteiger partial charge in [-0.15, -0.1) is 0 Å². The van der Waals surface area contributed by atoms with E-state index in [2.05, 4.69) is 26.1 Å². The predicted octanol–water partition coefficient (Wildman–Crippen LogP) is 3.69. The molecule has 1 aromatic rings. The summed E-state index contributed by atoms with van der Waals surface area (Å²) in [5, 5.41) is 3.62. The second-order valence-corrected chi connectivity index (χ2v) is 6.81. The van der Waals surface area contributed by atoms with Crippen LogP contribution in [0.4, 0.5) is 4.39 Å². The number of halogens is 2. The molecule has 1 aliphatic carbocycles. The van der Waals surface area contributed by atoms with E-state index in [9.17, 15) is 4.39 Å². The molecule has 1 saturated heterocycles. The van der Waals surface area contributed by atoms with Crippen molar-refractivity contribution < 1.29 is 4.39 Å². The van der Waals surface area contributed by atoms with Gasteiger partial charge in [-0.25, -0.2) is 4.39 Å².